The number of benzene rings is 1. The van der Waals surface area contributed by atoms with E-state index in [4.69, 9.17) is 15.6 Å². The van der Waals surface area contributed by atoms with E-state index >= 15 is 0 Å². The van der Waals surface area contributed by atoms with Crippen molar-refractivity contribution in [2.75, 3.05) is 26.0 Å². The lowest BCUT2D eigenvalue weighted by Crippen LogP contribution is -2.38. The minimum absolute atomic E-state index is 0.167. The van der Waals surface area contributed by atoms with Gasteiger partial charge in [-0.3, -0.25) is 4.99 Å². The Hall–Kier alpha value is -3.63. The first-order valence-corrected chi connectivity index (χ1v) is 10.9. The lowest BCUT2D eigenvalue weighted by Gasteiger charge is -2.30. The van der Waals surface area contributed by atoms with Crippen LogP contribution in [0, 0.1) is 12.7 Å². The van der Waals surface area contributed by atoms with Gasteiger partial charge in [-0.15, -0.1) is 0 Å². The largest absolute Gasteiger partial charge is 0.481 e. The Morgan fingerprint density at radius 1 is 1.26 bits per heavy atom. The SMILES string of the molecule is COc1cccc(-c2cc(F)ccc2C2Cc3nc(N)nc(C)c3C(=NCCC(O)CO)N2)n1. The predicted octanol–water partition coefficient (Wildman–Crippen LogP) is 1.95. The van der Waals surface area contributed by atoms with Gasteiger partial charge in [0.05, 0.1) is 48.5 Å². The minimum atomic E-state index is -0.852. The number of nitrogens with zero attached hydrogens (tertiary/aromatic N) is 4. The molecule has 3 heterocycles. The highest BCUT2D eigenvalue weighted by Crippen LogP contribution is 2.34. The summed E-state index contributed by atoms with van der Waals surface area (Å²) in [6.07, 6.45) is -0.0784. The van der Waals surface area contributed by atoms with Gasteiger partial charge >= 0.3 is 0 Å². The van der Waals surface area contributed by atoms with Crippen LogP contribution in [0.3, 0.4) is 0 Å². The maximum absolute atomic E-state index is 14.3. The lowest BCUT2D eigenvalue weighted by molar-refractivity contribution is 0.0903. The van der Waals surface area contributed by atoms with E-state index in [0.717, 1.165) is 16.8 Å². The van der Waals surface area contributed by atoms with Gasteiger partial charge in [-0.25, -0.2) is 19.3 Å². The van der Waals surface area contributed by atoms with E-state index in [1.807, 2.05) is 6.92 Å². The van der Waals surface area contributed by atoms with Crippen molar-refractivity contribution in [1.29, 1.82) is 0 Å². The molecule has 5 N–H and O–H groups in total. The molecule has 2 unspecified atom stereocenters. The van der Waals surface area contributed by atoms with Crippen molar-refractivity contribution < 1.29 is 19.3 Å². The number of rotatable bonds is 7. The molecule has 0 spiro atoms. The number of nitrogens with one attached hydrogen (secondary N) is 1. The molecule has 0 amide bonds. The number of aryl methyl sites for hydroxylation is 1. The van der Waals surface area contributed by atoms with Crippen LogP contribution in [0.2, 0.25) is 0 Å². The van der Waals surface area contributed by atoms with E-state index in [1.54, 1.807) is 24.3 Å². The highest BCUT2D eigenvalue weighted by atomic mass is 19.1. The number of halogens is 1. The quantitative estimate of drug-likeness (QED) is 0.414. The molecule has 9 nitrogen and oxygen atoms in total. The van der Waals surface area contributed by atoms with Gasteiger partial charge in [0.25, 0.3) is 0 Å². The van der Waals surface area contributed by atoms with Crippen LogP contribution in [-0.2, 0) is 6.42 Å². The first kappa shape index (κ1) is 23.5. The molecule has 2 atom stereocenters. The van der Waals surface area contributed by atoms with Gasteiger partial charge in [-0.2, -0.15) is 0 Å². The Kier molecular flexibility index (Phi) is 6.99. The maximum atomic E-state index is 14.3. The van der Waals surface area contributed by atoms with Crippen LogP contribution in [0.1, 0.15) is 35.0 Å². The average molecular weight is 467 g/mol. The zero-order valence-corrected chi connectivity index (χ0v) is 19.0. The van der Waals surface area contributed by atoms with E-state index < -0.39 is 6.10 Å². The van der Waals surface area contributed by atoms with E-state index in [0.29, 0.717) is 41.5 Å². The first-order valence-electron chi connectivity index (χ1n) is 10.9. The summed E-state index contributed by atoms with van der Waals surface area (Å²) in [5, 5.41) is 22.2. The van der Waals surface area contributed by atoms with Gasteiger partial charge < -0.3 is 26.0 Å². The van der Waals surface area contributed by atoms with Crippen molar-refractivity contribution in [2.45, 2.75) is 31.9 Å². The molecule has 4 rings (SSSR count). The molecule has 1 aliphatic rings. The van der Waals surface area contributed by atoms with Crippen molar-refractivity contribution in [3.63, 3.8) is 0 Å². The number of aliphatic imine (C=N–C) groups is 1. The fraction of sp³-hybridized carbons (Fsp3) is 0.333. The van der Waals surface area contributed by atoms with Crippen LogP contribution < -0.4 is 15.8 Å². The predicted molar refractivity (Wildman–Crippen MR) is 126 cm³/mol. The number of methoxy groups -OCH3 is 1. The number of hydrogen-bond acceptors (Lipinski definition) is 8. The number of nitrogens with two attached hydrogens (primary N) is 1. The number of nitrogen functional groups attached to an aromatic ring is 1. The summed E-state index contributed by atoms with van der Waals surface area (Å²) in [7, 11) is 1.53. The molecule has 0 bridgehead atoms. The van der Waals surface area contributed by atoms with Crippen LogP contribution in [0.25, 0.3) is 11.3 Å². The minimum Gasteiger partial charge on any atom is -0.481 e. The van der Waals surface area contributed by atoms with Crippen molar-refractivity contribution in [3.8, 4) is 17.1 Å². The molecule has 1 aliphatic heterocycles. The van der Waals surface area contributed by atoms with Gasteiger partial charge in [0, 0.05) is 24.6 Å². The normalized spacial score (nSPS) is 17.2. The van der Waals surface area contributed by atoms with Gasteiger partial charge in [0.1, 0.15) is 11.7 Å². The summed E-state index contributed by atoms with van der Waals surface area (Å²) in [6.45, 7) is 1.79. The van der Waals surface area contributed by atoms with Gasteiger partial charge in [0.15, 0.2) is 0 Å². The Bertz CT molecular complexity index is 1220. The number of hydrogen-bond donors (Lipinski definition) is 4. The summed E-state index contributed by atoms with van der Waals surface area (Å²) in [5.41, 5.74) is 10.1. The molecular formula is C24H27FN6O3. The summed E-state index contributed by atoms with van der Waals surface area (Å²) in [4.78, 5) is 17.8. The molecule has 1 aromatic carbocycles. The van der Waals surface area contributed by atoms with Crippen LogP contribution in [0.15, 0.2) is 41.4 Å². The summed E-state index contributed by atoms with van der Waals surface area (Å²) in [6, 6.07) is 9.60. The van der Waals surface area contributed by atoms with Crippen LogP contribution in [-0.4, -0.2) is 57.4 Å². The zero-order valence-electron chi connectivity index (χ0n) is 19.0. The van der Waals surface area contributed by atoms with Crippen molar-refractivity contribution >= 4 is 11.8 Å². The smallest absolute Gasteiger partial charge is 0.220 e. The summed E-state index contributed by atoms with van der Waals surface area (Å²) < 4.78 is 19.5. The topological polar surface area (TPSA) is 139 Å². The number of anilines is 1. The molecule has 178 valence electrons. The van der Waals surface area contributed by atoms with Crippen LogP contribution in [0.4, 0.5) is 10.3 Å². The average Bonchev–Trinajstić information content (AvgIpc) is 2.83. The molecule has 0 radical (unpaired) electrons. The highest BCUT2D eigenvalue weighted by molar-refractivity contribution is 6.02. The zero-order chi connectivity index (χ0) is 24.2. The van der Waals surface area contributed by atoms with Crippen molar-refractivity contribution in [1.82, 2.24) is 20.3 Å². The molecule has 0 saturated carbocycles. The number of amidine groups is 1. The van der Waals surface area contributed by atoms with E-state index in [2.05, 4.69) is 25.3 Å². The second kappa shape index (κ2) is 10.1. The van der Waals surface area contributed by atoms with Gasteiger partial charge in [-0.05, 0) is 37.1 Å². The number of pyridine rings is 1. The van der Waals surface area contributed by atoms with Crippen molar-refractivity contribution in [2.24, 2.45) is 4.99 Å². The molecule has 3 aromatic rings. The molecule has 0 saturated heterocycles. The number of fused-ring (bicyclic) bond motifs is 1. The Balaban J connectivity index is 1.77. The number of aromatic nitrogens is 3. The third-order valence-corrected chi connectivity index (χ3v) is 5.67. The summed E-state index contributed by atoms with van der Waals surface area (Å²) >= 11 is 0. The molecule has 2 aromatic heterocycles. The third kappa shape index (κ3) is 4.97. The Labute approximate surface area is 196 Å². The van der Waals surface area contributed by atoms with E-state index in [-0.39, 0.29) is 31.0 Å². The van der Waals surface area contributed by atoms with Crippen LogP contribution >= 0.6 is 0 Å². The monoisotopic (exact) mass is 466 g/mol. The molecule has 0 fully saturated rings. The first-order chi connectivity index (χ1) is 16.4. The molecule has 0 aliphatic carbocycles. The van der Waals surface area contributed by atoms with Crippen LogP contribution in [0.5, 0.6) is 5.88 Å². The van der Waals surface area contributed by atoms with E-state index in [9.17, 15) is 9.50 Å². The maximum Gasteiger partial charge on any atom is 0.220 e. The lowest BCUT2D eigenvalue weighted by atomic mass is 9.90. The van der Waals surface area contributed by atoms with Gasteiger partial charge in [0.2, 0.25) is 11.8 Å². The van der Waals surface area contributed by atoms with Crippen molar-refractivity contribution in [3.05, 3.63) is 64.7 Å². The standard InChI is InChI=1S/C24H27FN6O3/c1-13-22-20(31-24(26)28-13)11-19(30-23(22)27-9-8-15(33)12-32)16-7-6-14(25)10-17(16)18-4-3-5-21(29-18)34-2/h3-7,10,15,19,32-33H,8-9,11-12H2,1-2H3,(H,27,30)(H2,26,28,31). The number of aliphatic hydroxyl groups excluding tert-OH is 2. The molecule has 34 heavy (non-hydrogen) atoms. The highest BCUT2D eigenvalue weighted by Gasteiger charge is 2.29. The van der Waals surface area contributed by atoms with E-state index in [1.165, 1.54) is 19.2 Å². The second-order valence-corrected chi connectivity index (χ2v) is 8.04. The fourth-order valence-corrected chi connectivity index (χ4v) is 4.05. The Morgan fingerprint density at radius 3 is 2.85 bits per heavy atom. The van der Waals surface area contributed by atoms with Gasteiger partial charge in [-0.1, -0.05) is 12.1 Å². The fourth-order valence-electron chi connectivity index (χ4n) is 4.05. The number of ether oxygens (including phenoxy) is 1. The number of aliphatic hydroxyl groups is 2. The Morgan fingerprint density at radius 2 is 2.09 bits per heavy atom. The molecular weight excluding hydrogens is 439 g/mol. The third-order valence-electron chi connectivity index (χ3n) is 5.67. The molecule has 10 heteroatoms. The summed E-state index contributed by atoms with van der Waals surface area (Å²) in [5.74, 6) is 0.771. The second-order valence-electron chi connectivity index (χ2n) is 8.04.